The number of rotatable bonds is 2. The quantitative estimate of drug-likeness (QED) is 0.761. The number of nitrogens with two attached hydrogens (primary N) is 1. The molecule has 4 rings (SSSR count). The first-order chi connectivity index (χ1) is 12.8. The molecule has 27 heavy (non-hydrogen) atoms. The molecule has 2 aromatic heterocycles. The monoisotopic (exact) mass is 390 g/mol. The number of thiophene rings is 1. The van der Waals surface area contributed by atoms with Gasteiger partial charge in [-0.15, -0.1) is 0 Å². The summed E-state index contributed by atoms with van der Waals surface area (Å²) in [6.07, 6.45) is 4.71. The molecule has 2 aliphatic rings. The van der Waals surface area contributed by atoms with E-state index in [0.29, 0.717) is 10.6 Å². The molecular weight excluding hydrogens is 360 g/mol. The van der Waals surface area contributed by atoms with Crippen LogP contribution in [0.5, 0.6) is 0 Å². The maximum Gasteiger partial charge on any atom is 0.350 e. The first kappa shape index (κ1) is 18.5. The van der Waals surface area contributed by atoms with E-state index in [1.807, 2.05) is 0 Å². The average molecular weight is 391 g/mol. The van der Waals surface area contributed by atoms with E-state index in [1.165, 1.54) is 59.6 Å². The number of likely N-dealkylation sites (N-methyl/N-ethyl adjacent to an activating group) is 1. The number of nitrogens with zero attached hydrogens (tertiary/aromatic N) is 1. The van der Waals surface area contributed by atoms with Gasteiger partial charge in [-0.05, 0) is 38.7 Å². The van der Waals surface area contributed by atoms with Crippen molar-refractivity contribution in [3.8, 4) is 0 Å². The number of hydrogen-bond donors (Lipinski definition) is 2. The molecule has 0 amide bonds. The second-order valence-corrected chi connectivity index (χ2v) is 9.56. The molecule has 4 N–H and O–H groups in total. The Morgan fingerprint density at radius 2 is 1.96 bits per heavy atom. The van der Waals surface area contributed by atoms with Gasteiger partial charge < -0.3 is 15.4 Å². The normalized spacial score (nSPS) is 21.9. The summed E-state index contributed by atoms with van der Waals surface area (Å²) in [4.78, 5) is 21.4. The Morgan fingerprint density at radius 3 is 2.63 bits per heavy atom. The molecule has 2 aliphatic heterocycles. The van der Waals surface area contributed by atoms with Gasteiger partial charge in [-0.1, -0.05) is 11.3 Å². The minimum Gasteiger partial charge on any atom is -0.465 e. The van der Waals surface area contributed by atoms with Crippen LogP contribution in [0, 0.1) is 0 Å². The molecule has 0 spiro atoms. The van der Waals surface area contributed by atoms with Gasteiger partial charge in [-0.3, -0.25) is 4.90 Å². The number of carbonyl (C=O) groups is 1. The standard InChI is InChI=1S/C20H28N4O2S/c1-20(2)10-12-13(11-23(20)3)17(24-8-6-5-7-9-24)22-18-14(12)15(21)16(27-18)19(25)26-4/h5-11,21H2,1-4H3/p+2. The van der Waals surface area contributed by atoms with Crippen LogP contribution in [-0.2, 0) is 17.7 Å². The number of methoxy groups -OCH3 is 1. The molecule has 0 aromatic carbocycles. The fraction of sp³-hybridized carbons (Fsp3) is 0.600. The lowest BCUT2D eigenvalue weighted by Gasteiger charge is -2.38. The van der Waals surface area contributed by atoms with Crippen molar-refractivity contribution in [3.05, 3.63) is 16.0 Å². The van der Waals surface area contributed by atoms with Crippen molar-refractivity contribution in [1.82, 2.24) is 0 Å². The maximum atomic E-state index is 12.2. The number of hydrogen-bond acceptors (Lipinski definition) is 5. The third-order valence-corrected chi connectivity index (χ3v) is 7.49. The Morgan fingerprint density at radius 1 is 1.26 bits per heavy atom. The fourth-order valence-electron chi connectivity index (χ4n) is 4.42. The zero-order valence-electron chi connectivity index (χ0n) is 16.7. The Hall–Kier alpha value is -1.86. The number of quaternary nitrogens is 1. The predicted octanol–water partition coefficient (Wildman–Crippen LogP) is 1.42. The van der Waals surface area contributed by atoms with E-state index in [1.54, 1.807) is 0 Å². The molecule has 4 heterocycles. The van der Waals surface area contributed by atoms with E-state index in [2.05, 4.69) is 30.8 Å². The zero-order valence-corrected chi connectivity index (χ0v) is 17.5. The molecule has 1 atom stereocenters. The van der Waals surface area contributed by atoms with Gasteiger partial charge in [-0.25, -0.2) is 9.78 Å². The van der Waals surface area contributed by atoms with Crippen LogP contribution >= 0.6 is 11.3 Å². The number of nitrogens with one attached hydrogen (secondary N) is 2. The third kappa shape index (κ3) is 2.97. The number of carbonyl (C=O) groups excluding carboxylic acids is 1. The van der Waals surface area contributed by atoms with Crippen LogP contribution < -0.4 is 20.5 Å². The molecule has 6 nitrogen and oxygen atoms in total. The highest BCUT2D eigenvalue weighted by Crippen LogP contribution is 2.40. The lowest BCUT2D eigenvalue weighted by molar-refractivity contribution is -0.945. The van der Waals surface area contributed by atoms with Crippen molar-refractivity contribution in [2.75, 3.05) is 37.9 Å². The molecule has 0 bridgehead atoms. The fourth-order valence-corrected chi connectivity index (χ4v) is 5.49. The van der Waals surface area contributed by atoms with Crippen molar-refractivity contribution < 1.29 is 19.4 Å². The van der Waals surface area contributed by atoms with Crippen LogP contribution in [0.25, 0.3) is 10.2 Å². The highest BCUT2D eigenvalue weighted by Gasteiger charge is 2.41. The largest absolute Gasteiger partial charge is 0.465 e. The van der Waals surface area contributed by atoms with Crippen molar-refractivity contribution in [2.45, 2.75) is 51.6 Å². The number of esters is 1. The Balaban J connectivity index is 1.96. The topological polar surface area (TPSA) is 74.1 Å². The Kier molecular flexibility index (Phi) is 4.55. The van der Waals surface area contributed by atoms with Crippen molar-refractivity contribution in [1.29, 1.82) is 0 Å². The van der Waals surface area contributed by atoms with Crippen LogP contribution in [0.15, 0.2) is 0 Å². The lowest BCUT2D eigenvalue weighted by Crippen LogP contribution is -3.16. The maximum absolute atomic E-state index is 12.2. The number of aromatic nitrogens is 1. The van der Waals surface area contributed by atoms with E-state index in [9.17, 15) is 4.79 Å². The van der Waals surface area contributed by atoms with Crippen LogP contribution in [0.1, 0.15) is 53.9 Å². The van der Waals surface area contributed by atoms with Gasteiger partial charge in [0.05, 0.1) is 49.4 Å². The SMILES string of the molecule is COC(=O)c1sc2[nH+]c(N3CCCCC3)c3c(c2c1N)CC(C)(C)[NH+](C)C3. The van der Waals surface area contributed by atoms with Crippen LogP contribution in [0.2, 0.25) is 0 Å². The first-order valence-corrected chi connectivity index (χ1v) is 10.6. The summed E-state index contributed by atoms with van der Waals surface area (Å²) in [5.74, 6) is 0.873. The summed E-state index contributed by atoms with van der Waals surface area (Å²) in [6.45, 7) is 7.74. The second kappa shape index (κ2) is 6.63. The van der Waals surface area contributed by atoms with Gasteiger partial charge in [0.1, 0.15) is 11.4 Å². The third-order valence-electron chi connectivity index (χ3n) is 6.39. The van der Waals surface area contributed by atoms with Crippen LogP contribution in [0.3, 0.4) is 0 Å². The van der Waals surface area contributed by atoms with E-state index >= 15 is 0 Å². The highest BCUT2D eigenvalue weighted by molar-refractivity contribution is 7.20. The Bertz CT molecular complexity index is 899. The summed E-state index contributed by atoms with van der Waals surface area (Å²) in [5, 5.41) is 1.02. The minimum absolute atomic E-state index is 0.125. The summed E-state index contributed by atoms with van der Waals surface area (Å²) in [6, 6.07) is 0. The van der Waals surface area contributed by atoms with Crippen molar-refractivity contribution >= 4 is 39.0 Å². The molecule has 0 radical (unpaired) electrons. The van der Waals surface area contributed by atoms with Gasteiger partial charge in [0, 0.05) is 6.42 Å². The molecule has 7 heteroatoms. The molecule has 1 saturated heterocycles. The molecule has 0 saturated carbocycles. The van der Waals surface area contributed by atoms with Crippen molar-refractivity contribution in [3.63, 3.8) is 0 Å². The zero-order chi connectivity index (χ0) is 19.3. The minimum atomic E-state index is -0.354. The first-order valence-electron chi connectivity index (χ1n) is 9.78. The number of piperidine rings is 1. The molecule has 1 unspecified atom stereocenters. The van der Waals surface area contributed by atoms with Gasteiger partial charge in [0.2, 0.25) is 0 Å². The summed E-state index contributed by atoms with van der Waals surface area (Å²) in [5.41, 5.74) is 9.82. The van der Waals surface area contributed by atoms with E-state index < -0.39 is 0 Å². The number of ether oxygens (including phenoxy) is 1. The van der Waals surface area contributed by atoms with Gasteiger partial charge in [-0.2, -0.15) is 0 Å². The molecule has 0 aliphatic carbocycles. The number of aromatic amines is 1. The molecular formula is C20H30N4O2S+2. The molecule has 1 fully saturated rings. The Labute approximate surface area is 164 Å². The summed E-state index contributed by atoms with van der Waals surface area (Å²) < 4.78 is 4.96. The van der Waals surface area contributed by atoms with Gasteiger partial charge in [0.25, 0.3) is 5.82 Å². The molecule has 146 valence electrons. The number of nitrogen functional groups attached to an aromatic ring is 1. The summed E-state index contributed by atoms with van der Waals surface area (Å²) >= 11 is 1.42. The van der Waals surface area contributed by atoms with Gasteiger partial charge in [0.15, 0.2) is 4.83 Å². The molecule has 2 aromatic rings. The highest BCUT2D eigenvalue weighted by atomic mass is 32.1. The van der Waals surface area contributed by atoms with E-state index in [0.717, 1.165) is 36.3 Å². The van der Waals surface area contributed by atoms with Crippen LogP contribution in [-0.4, -0.2) is 38.8 Å². The smallest absolute Gasteiger partial charge is 0.350 e. The van der Waals surface area contributed by atoms with Crippen molar-refractivity contribution in [2.24, 2.45) is 0 Å². The number of H-pyrrole nitrogens is 1. The lowest BCUT2D eigenvalue weighted by atomic mass is 9.84. The average Bonchev–Trinajstić information content (AvgIpc) is 2.99. The summed E-state index contributed by atoms with van der Waals surface area (Å²) in [7, 11) is 3.68. The number of pyridine rings is 1. The number of anilines is 2. The van der Waals surface area contributed by atoms with E-state index in [4.69, 9.17) is 10.5 Å². The van der Waals surface area contributed by atoms with Gasteiger partial charge >= 0.3 is 5.97 Å². The predicted molar refractivity (Wildman–Crippen MR) is 109 cm³/mol. The number of fused-ring (bicyclic) bond motifs is 3. The van der Waals surface area contributed by atoms with E-state index in [-0.39, 0.29) is 11.5 Å². The second-order valence-electron chi connectivity index (χ2n) is 8.54. The van der Waals surface area contributed by atoms with Crippen LogP contribution in [0.4, 0.5) is 11.5 Å².